The Kier molecular flexibility index (Phi) is 11.4. The zero-order valence-electron chi connectivity index (χ0n) is 24.8. The first kappa shape index (κ1) is 34.6. The van der Waals surface area contributed by atoms with Crippen LogP contribution in [0.15, 0.2) is 36.4 Å². The number of fused-ring (bicyclic) bond motifs is 1. The summed E-state index contributed by atoms with van der Waals surface area (Å²) in [6, 6.07) is 11.2. The van der Waals surface area contributed by atoms with Crippen LogP contribution in [0.25, 0.3) is 10.1 Å². The minimum atomic E-state index is -4.48. The molecule has 8 nitrogen and oxygen atoms in total. The number of hydrogen-bond acceptors (Lipinski definition) is 9. The van der Waals surface area contributed by atoms with Gasteiger partial charge < -0.3 is 30.1 Å². The summed E-state index contributed by atoms with van der Waals surface area (Å²) in [4.78, 5) is 1.98. The highest BCUT2D eigenvalue weighted by molar-refractivity contribution is 7.70. The maximum Gasteiger partial charge on any atom is 0.393 e. The average molecular weight is 667 g/mol. The fraction of sp³-hybridized carbons (Fsp3) is 0.452. The van der Waals surface area contributed by atoms with Crippen molar-refractivity contribution < 1.29 is 37.1 Å². The summed E-state index contributed by atoms with van der Waals surface area (Å²) in [5.74, 6) is 6.08. The van der Waals surface area contributed by atoms with E-state index in [1.54, 1.807) is 54.6 Å². The van der Waals surface area contributed by atoms with Crippen LogP contribution in [0.4, 0.5) is 28.9 Å². The summed E-state index contributed by atoms with van der Waals surface area (Å²) in [6.07, 6.45) is -7.50. The normalized spacial score (nSPS) is 18.1. The van der Waals surface area contributed by atoms with E-state index in [4.69, 9.17) is 15.1 Å². The lowest BCUT2D eigenvalue weighted by atomic mass is 10.0. The van der Waals surface area contributed by atoms with Gasteiger partial charge in [-0.15, -0.1) is 11.3 Å². The fourth-order valence-corrected chi connectivity index (χ4v) is 7.13. The number of alkyl halides is 4. The van der Waals surface area contributed by atoms with Gasteiger partial charge in [-0.2, -0.15) is 18.4 Å². The van der Waals surface area contributed by atoms with Gasteiger partial charge in [-0.1, -0.05) is 24.0 Å². The van der Waals surface area contributed by atoms with E-state index >= 15 is 4.39 Å². The van der Waals surface area contributed by atoms with Crippen molar-refractivity contribution in [1.82, 2.24) is 4.90 Å². The standard InChI is InChI=1S/C31H35F4N4O4PS/c1-44(2,42)21-8-9-26(28(15-21)43-14-11-36)37-12-4-7-29-23(16-31(33,34)35)22-5-3-6-27(30(22)45-29)38-25-10-13-39(18-24(25)32)17-20(41)19-40/h3,5-6,8-9,15,20,24-25,37-38,40-41H,10,12-14,16-19H2,1-2H3. The number of benzene rings is 2. The van der Waals surface area contributed by atoms with E-state index in [9.17, 15) is 22.8 Å². The molecule has 4 rings (SSSR count). The molecule has 0 spiro atoms. The molecule has 2 heterocycles. The molecule has 1 aromatic heterocycles. The van der Waals surface area contributed by atoms with Gasteiger partial charge in [0.05, 0.1) is 52.7 Å². The molecule has 1 saturated heterocycles. The third-order valence-electron chi connectivity index (χ3n) is 7.29. The van der Waals surface area contributed by atoms with Crippen LogP contribution >= 0.6 is 18.5 Å². The number of nitriles is 1. The molecule has 3 atom stereocenters. The molecule has 4 N–H and O–H groups in total. The molecule has 0 saturated carbocycles. The van der Waals surface area contributed by atoms with Gasteiger partial charge in [0, 0.05) is 24.9 Å². The number of thiophene rings is 1. The molecule has 3 aromatic rings. The van der Waals surface area contributed by atoms with Crippen LogP contribution in [0.1, 0.15) is 16.9 Å². The predicted octanol–water partition coefficient (Wildman–Crippen LogP) is 4.80. The highest BCUT2D eigenvalue weighted by Gasteiger charge is 2.33. The van der Waals surface area contributed by atoms with Gasteiger partial charge in [-0.25, -0.2) is 4.39 Å². The Labute approximate surface area is 263 Å². The summed E-state index contributed by atoms with van der Waals surface area (Å²) in [5.41, 5.74) is 1.06. The number of aliphatic hydroxyl groups is 2. The monoisotopic (exact) mass is 666 g/mol. The predicted molar refractivity (Wildman–Crippen MR) is 170 cm³/mol. The number of nitrogens with zero attached hydrogens (tertiary/aromatic N) is 2. The molecule has 3 unspecified atom stereocenters. The van der Waals surface area contributed by atoms with Crippen molar-refractivity contribution in [3.8, 4) is 23.7 Å². The van der Waals surface area contributed by atoms with Crippen LogP contribution in [0.5, 0.6) is 5.75 Å². The van der Waals surface area contributed by atoms with E-state index in [1.165, 1.54) is 0 Å². The molecule has 2 aromatic carbocycles. The molecule has 0 aliphatic carbocycles. The summed E-state index contributed by atoms with van der Waals surface area (Å²) in [6.45, 7) is 3.34. The van der Waals surface area contributed by atoms with Crippen molar-refractivity contribution >= 4 is 45.2 Å². The van der Waals surface area contributed by atoms with Gasteiger partial charge >= 0.3 is 6.18 Å². The van der Waals surface area contributed by atoms with E-state index in [0.717, 1.165) is 11.3 Å². The Morgan fingerprint density at radius 3 is 2.69 bits per heavy atom. The second kappa shape index (κ2) is 14.8. The molecule has 0 bridgehead atoms. The average Bonchev–Trinajstić information content (AvgIpc) is 3.31. The maximum absolute atomic E-state index is 15.1. The first-order chi connectivity index (χ1) is 21.3. The van der Waals surface area contributed by atoms with Crippen molar-refractivity contribution in [3.63, 3.8) is 0 Å². The van der Waals surface area contributed by atoms with E-state index < -0.39 is 44.7 Å². The molecule has 45 heavy (non-hydrogen) atoms. The van der Waals surface area contributed by atoms with Crippen molar-refractivity contribution in [2.45, 2.75) is 37.3 Å². The minimum absolute atomic E-state index is 0.0484. The molecule has 1 aliphatic heterocycles. The van der Waals surface area contributed by atoms with Crippen LogP contribution in [0.2, 0.25) is 0 Å². The third kappa shape index (κ3) is 9.35. The number of aliphatic hydroxyl groups excluding tert-OH is 2. The van der Waals surface area contributed by atoms with Crippen LogP contribution in [-0.2, 0) is 11.0 Å². The van der Waals surface area contributed by atoms with Gasteiger partial charge in [-0.05, 0) is 55.0 Å². The molecule has 242 valence electrons. The highest BCUT2D eigenvalue weighted by atomic mass is 32.1. The smallest absolute Gasteiger partial charge is 0.393 e. The Morgan fingerprint density at radius 2 is 2.02 bits per heavy atom. The molecule has 1 aliphatic rings. The second-order valence-electron chi connectivity index (χ2n) is 11.2. The minimum Gasteiger partial charge on any atom is -0.477 e. The Hall–Kier alpha value is -3.32. The number of hydrogen-bond donors (Lipinski definition) is 4. The number of halogens is 4. The first-order valence-corrected chi connectivity index (χ1v) is 17.7. The van der Waals surface area contributed by atoms with Crippen molar-refractivity contribution in [2.75, 3.05) is 63.4 Å². The van der Waals surface area contributed by atoms with Crippen LogP contribution in [0, 0.1) is 23.2 Å². The number of likely N-dealkylation sites (tertiary alicyclic amines) is 1. The number of ether oxygens (including phenoxy) is 1. The van der Waals surface area contributed by atoms with Gasteiger partial charge in [0.25, 0.3) is 0 Å². The highest BCUT2D eigenvalue weighted by Crippen LogP contribution is 2.40. The number of piperidine rings is 1. The second-order valence-corrected chi connectivity index (χ2v) is 15.4. The summed E-state index contributed by atoms with van der Waals surface area (Å²) >= 11 is 1.11. The Balaban J connectivity index is 1.56. The van der Waals surface area contributed by atoms with Crippen molar-refractivity contribution in [1.29, 1.82) is 5.26 Å². The van der Waals surface area contributed by atoms with Crippen LogP contribution in [0.3, 0.4) is 0 Å². The Bertz CT molecular complexity index is 1640. The SMILES string of the molecule is CP(C)(=O)c1ccc(NCC#Cc2sc3c(NC4CCN(CC(O)CO)CC4F)cccc3c2CC(F)(F)F)c(OCC#N)c1. The summed E-state index contributed by atoms with van der Waals surface area (Å²) in [5, 5.41) is 34.9. The van der Waals surface area contributed by atoms with Gasteiger partial charge in [0.2, 0.25) is 0 Å². The van der Waals surface area contributed by atoms with Gasteiger partial charge in [-0.3, -0.25) is 4.90 Å². The Morgan fingerprint density at radius 1 is 1.24 bits per heavy atom. The van der Waals surface area contributed by atoms with E-state index in [-0.39, 0.29) is 36.7 Å². The largest absolute Gasteiger partial charge is 0.477 e. The summed E-state index contributed by atoms with van der Waals surface area (Å²) in [7, 11) is -2.59. The quantitative estimate of drug-likeness (QED) is 0.131. The topological polar surface area (TPSA) is 118 Å². The number of rotatable bonds is 11. The van der Waals surface area contributed by atoms with Crippen molar-refractivity contribution in [3.05, 3.63) is 46.8 Å². The maximum atomic E-state index is 15.1. The number of β-amino-alcohol motifs (C(OH)–C–C–N with tert-alkyl or cyclic N) is 1. The van der Waals surface area contributed by atoms with Crippen molar-refractivity contribution in [2.24, 2.45) is 0 Å². The first-order valence-electron chi connectivity index (χ1n) is 14.2. The fourth-order valence-electron chi connectivity index (χ4n) is 5.10. The zero-order valence-corrected chi connectivity index (χ0v) is 26.5. The van der Waals surface area contributed by atoms with E-state index in [2.05, 4.69) is 22.5 Å². The molecule has 1 fully saturated rings. The zero-order chi connectivity index (χ0) is 32.8. The summed E-state index contributed by atoms with van der Waals surface area (Å²) < 4.78 is 74.6. The van der Waals surface area contributed by atoms with Gasteiger partial charge in [0.15, 0.2) is 6.61 Å². The van der Waals surface area contributed by atoms with Crippen LogP contribution in [-0.4, -0.2) is 92.3 Å². The molecule has 14 heteroatoms. The molecule has 0 radical (unpaired) electrons. The van der Waals surface area contributed by atoms with E-state index in [0.29, 0.717) is 45.5 Å². The third-order valence-corrected chi connectivity index (χ3v) is 10.0. The number of anilines is 2. The molecular weight excluding hydrogens is 631 g/mol. The lowest BCUT2D eigenvalue weighted by Gasteiger charge is -2.36. The molecule has 0 amide bonds. The lowest BCUT2D eigenvalue weighted by Crippen LogP contribution is -2.50. The number of nitrogens with one attached hydrogen (secondary N) is 2. The lowest BCUT2D eigenvalue weighted by molar-refractivity contribution is -0.126. The van der Waals surface area contributed by atoms with Gasteiger partial charge in [0.1, 0.15) is 25.1 Å². The molecular formula is C31H35F4N4O4PS. The van der Waals surface area contributed by atoms with E-state index in [1.807, 2.05) is 6.07 Å². The van der Waals surface area contributed by atoms with Crippen LogP contribution < -0.4 is 20.7 Å².